The fraction of sp³-hybridized carbons (Fsp3) is 0.370. The Labute approximate surface area is 223 Å². The molecule has 1 amide bonds. The molecular formula is C27H29F3N5O4+. The second-order valence-electron chi connectivity index (χ2n) is 9.45. The first kappa shape index (κ1) is 28.0. The lowest BCUT2D eigenvalue weighted by atomic mass is 10.0. The van der Waals surface area contributed by atoms with E-state index in [1.165, 1.54) is 6.92 Å². The molecule has 12 heteroatoms. The van der Waals surface area contributed by atoms with E-state index in [2.05, 4.69) is 9.97 Å². The summed E-state index contributed by atoms with van der Waals surface area (Å²) >= 11 is 0. The number of quaternary nitrogens is 1. The van der Waals surface area contributed by atoms with Gasteiger partial charge in [-0.05, 0) is 44.4 Å². The lowest BCUT2D eigenvalue weighted by Gasteiger charge is -2.40. The number of aryl methyl sites for hydroxylation is 1. The van der Waals surface area contributed by atoms with Crippen molar-refractivity contribution in [1.29, 1.82) is 0 Å². The minimum Gasteiger partial charge on any atom is -0.465 e. The van der Waals surface area contributed by atoms with E-state index in [1.54, 1.807) is 6.20 Å². The number of rotatable bonds is 9. The van der Waals surface area contributed by atoms with Gasteiger partial charge < -0.3 is 4.74 Å². The third-order valence-corrected chi connectivity index (χ3v) is 7.06. The van der Waals surface area contributed by atoms with E-state index in [1.807, 2.05) is 18.2 Å². The van der Waals surface area contributed by atoms with Gasteiger partial charge in [0.1, 0.15) is 5.56 Å². The maximum atomic E-state index is 14.2. The van der Waals surface area contributed by atoms with Crippen LogP contribution in [0.3, 0.4) is 0 Å². The van der Waals surface area contributed by atoms with Crippen LogP contribution in [0.25, 0.3) is 11.3 Å². The van der Waals surface area contributed by atoms with Gasteiger partial charge in [-0.1, -0.05) is 6.07 Å². The van der Waals surface area contributed by atoms with Crippen LogP contribution in [-0.2, 0) is 9.53 Å². The van der Waals surface area contributed by atoms with Crippen LogP contribution < -0.4 is 15.2 Å². The Morgan fingerprint density at radius 2 is 1.85 bits per heavy atom. The number of pyridine rings is 1. The van der Waals surface area contributed by atoms with Gasteiger partial charge in [0, 0.05) is 30.8 Å². The van der Waals surface area contributed by atoms with Crippen LogP contribution in [0.15, 0.2) is 41.3 Å². The number of amides is 1. The monoisotopic (exact) mass is 544 g/mol. The van der Waals surface area contributed by atoms with Crippen molar-refractivity contribution < 1.29 is 27.5 Å². The Balaban J connectivity index is 1.76. The summed E-state index contributed by atoms with van der Waals surface area (Å²) < 4.78 is 48.5. The average Bonchev–Trinajstić information content (AvgIpc) is 2.94. The number of methoxy groups -OCH3 is 1. The van der Waals surface area contributed by atoms with Crippen molar-refractivity contribution in [1.82, 2.24) is 19.1 Å². The predicted octanol–water partition coefficient (Wildman–Crippen LogP) is 3.49. The number of benzene rings is 1. The lowest BCUT2D eigenvalue weighted by Crippen LogP contribution is -2.55. The van der Waals surface area contributed by atoms with Gasteiger partial charge in [-0.2, -0.15) is 9.66 Å². The molecule has 0 saturated carbocycles. The zero-order chi connectivity index (χ0) is 28.2. The summed E-state index contributed by atoms with van der Waals surface area (Å²) in [6, 6.07) is 7.03. The third kappa shape index (κ3) is 5.56. The van der Waals surface area contributed by atoms with Gasteiger partial charge in [-0.3, -0.25) is 9.28 Å². The molecule has 0 bridgehead atoms. The van der Waals surface area contributed by atoms with Gasteiger partial charge >= 0.3 is 11.7 Å². The molecule has 0 unspecified atom stereocenters. The highest BCUT2D eigenvalue weighted by Crippen LogP contribution is 2.29. The van der Waals surface area contributed by atoms with E-state index in [9.17, 15) is 27.6 Å². The van der Waals surface area contributed by atoms with Gasteiger partial charge in [-0.15, -0.1) is 0 Å². The second-order valence-corrected chi connectivity index (χ2v) is 9.45. The molecule has 1 aromatic carbocycles. The number of nitrogens with zero attached hydrogens (tertiary/aromatic N) is 5. The summed E-state index contributed by atoms with van der Waals surface area (Å²) in [5.74, 6) is -4.81. The number of carbonyl (C=O) groups is 2. The van der Waals surface area contributed by atoms with E-state index in [0.717, 1.165) is 55.0 Å². The lowest BCUT2D eigenvalue weighted by molar-refractivity contribution is -0.108. The number of piperidine rings is 1. The molecule has 9 nitrogen and oxygen atoms in total. The number of hydrogen-bond donors (Lipinski definition) is 0. The summed E-state index contributed by atoms with van der Waals surface area (Å²) in [6.07, 6.45) is 5.69. The summed E-state index contributed by atoms with van der Waals surface area (Å²) in [5, 5.41) is 0.995. The molecular weight excluding hydrogens is 515 g/mol. The highest BCUT2D eigenvalue weighted by molar-refractivity contribution is 5.97. The Bertz CT molecular complexity index is 1400. The number of ether oxygens (including phenoxy) is 1. The third-order valence-electron chi connectivity index (χ3n) is 7.06. The highest BCUT2D eigenvalue weighted by Gasteiger charge is 2.34. The SMILES string of the molecule is COC(=O)c1c(C)nc(=O)n(N(C=O)CCC[N+]2(c3ccccn3)CCCCC2)c1-c1cc(F)c(F)c(F)c1. The van der Waals surface area contributed by atoms with Crippen LogP contribution in [-0.4, -0.2) is 60.3 Å². The predicted molar refractivity (Wildman–Crippen MR) is 138 cm³/mol. The Morgan fingerprint density at radius 1 is 1.15 bits per heavy atom. The van der Waals surface area contributed by atoms with Crippen molar-refractivity contribution in [2.24, 2.45) is 0 Å². The molecule has 1 aliphatic heterocycles. The number of carbonyl (C=O) groups excluding carboxylic acids is 2. The average molecular weight is 545 g/mol. The zero-order valence-electron chi connectivity index (χ0n) is 21.7. The molecule has 1 fully saturated rings. The zero-order valence-corrected chi connectivity index (χ0v) is 21.7. The van der Waals surface area contributed by atoms with Gasteiger partial charge in [0.2, 0.25) is 12.2 Å². The largest absolute Gasteiger partial charge is 0.465 e. The van der Waals surface area contributed by atoms with Crippen molar-refractivity contribution in [3.8, 4) is 11.3 Å². The van der Waals surface area contributed by atoms with Crippen molar-refractivity contribution >= 4 is 18.2 Å². The van der Waals surface area contributed by atoms with E-state index in [-0.39, 0.29) is 29.1 Å². The van der Waals surface area contributed by atoms with Gasteiger partial charge in [0.05, 0.1) is 38.1 Å². The molecule has 4 rings (SSSR count). The number of aromatic nitrogens is 3. The molecule has 0 spiro atoms. The van der Waals surface area contributed by atoms with Gasteiger partial charge in [0.15, 0.2) is 17.5 Å². The molecule has 0 N–H and O–H groups in total. The van der Waals surface area contributed by atoms with Gasteiger partial charge in [-0.25, -0.2) is 32.8 Å². The van der Waals surface area contributed by atoms with Crippen LogP contribution in [0.1, 0.15) is 41.7 Å². The topological polar surface area (TPSA) is 94.4 Å². The van der Waals surface area contributed by atoms with E-state index in [4.69, 9.17) is 4.74 Å². The molecule has 39 heavy (non-hydrogen) atoms. The van der Waals surface area contributed by atoms with Crippen LogP contribution in [0.5, 0.6) is 0 Å². The molecule has 1 aliphatic rings. The van der Waals surface area contributed by atoms with Crippen molar-refractivity contribution in [3.05, 3.63) is 75.7 Å². The maximum absolute atomic E-state index is 14.2. The van der Waals surface area contributed by atoms with E-state index < -0.39 is 29.1 Å². The Morgan fingerprint density at radius 3 is 2.44 bits per heavy atom. The number of halogens is 3. The molecule has 2 aromatic heterocycles. The minimum atomic E-state index is -1.71. The first-order valence-electron chi connectivity index (χ1n) is 12.6. The standard InChI is InChI=1S/C27H29F3N5O4/c1-18-23(26(37)39-2)25(19-15-20(28)24(30)21(29)16-19)34(27(38)32-18)33(17-36)11-8-14-35(12-6-3-7-13-35)22-9-4-5-10-31-22/h4-5,9-10,15-17H,3,6-8,11-14H2,1-2H3/q+1. The minimum absolute atomic E-state index is 0.0146. The number of esters is 1. The second kappa shape index (κ2) is 11.8. The van der Waals surface area contributed by atoms with Crippen molar-refractivity contribution in [2.45, 2.75) is 32.6 Å². The van der Waals surface area contributed by atoms with E-state index in [0.29, 0.717) is 36.0 Å². The normalized spacial score (nSPS) is 14.6. The van der Waals surface area contributed by atoms with Crippen LogP contribution in [0.4, 0.5) is 19.0 Å². The summed E-state index contributed by atoms with van der Waals surface area (Å²) in [6.45, 7) is 3.71. The first-order chi connectivity index (χ1) is 18.7. The van der Waals surface area contributed by atoms with Gasteiger partial charge in [0.25, 0.3) is 0 Å². The first-order valence-corrected chi connectivity index (χ1v) is 12.6. The van der Waals surface area contributed by atoms with Crippen LogP contribution in [0.2, 0.25) is 0 Å². The number of hydrogen-bond acceptors (Lipinski definition) is 6. The van der Waals surface area contributed by atoms with Crippen LogP contribution in [0, 0.1) is 24.4 Å². The fourth-order valence-corrected chi connectivity index (χ4v) is 5.22. The quantitative estimate of drug-likeness (QED) is 0.177. The molecule has 0 radical (unpaired) electrons. The number of likely N-dealkylation sites (tertiary alicyclic amines) is 1. The summed E-state index contributed by atoms with van der Waals surface area (Å²) in [5.41, 5.74) is -2.01. The Hall–Kier alpha value is -4.06. The maximum Gasteiger partial charge on any atom is 0.367 e. The smallest absolute Gasteiger partial charge is 0.367 e. The molecule has 3 heterocycles. The summed E-state index contributed by atoms with van der Waals surface area (Å²) in [7, 11) is 1.09. The van der Waals surface area contributed by atoms with E-state index >= 15 is 0 Å². The molecule has 206 valence electrons. The molecule has 0 aliphatic carbocycles. The molecule has 3 aromatic rings. The highest BCUT2D eigenvalue weighted by atomic mass is 19.2. The summed E-state index contributed by atoms with van der Waals surface area (Å²) in [4.78, 5) is 46.5. The van der Waals surface area contributed by atoms with Crippen molar-refractivity contribution in [2.75, 3.05) is 38.3 Å². The van der Waals surface area contributed by atoms with Crippen LogP contribution >= 0.6 is 0 Å². The molecule has 0 atom stereocenters. The van der Waals surface area contributed by atoms with Crippen molar-refractivity contribution in [3.63, 3.8) is 0 Å². The fourth-order valence-electron chi connectivity index (χ4n) is 5.22. The Kier molecular flexibility index (Phi) is 8.44. The molecule has 1 saturated heterocycles.